The van der Waals surface area contributed by atoms with E-state index in [1.165, 1.54) is 5.01 Å². The lowest BCUT2D eigenvalue weighted by Crippen LogP contribution is -2.33. The third-order valence-corrected chi connectivity index (χ3v) is 5.86. The minimum atomic E-state index is -0.694. The largest absolute Gasteiger partial charge is 0.494 e. The topological polar surface area (TPSA) is 108 Å². The Morgan fingerprint density at radius 2 is 2.11 bits per heavy atom. The van der Waals surface area contributed by atoms with Crippen molar-refractivity contribution >= 4 is 23.0 Å². The summed E-state index contributed by atoms with van der Waals surface area (Å²) < 4.78 is 1.15. The van der Waals surface area contributed by atoms with Gasteiger partial charge in [0.2, 0.25) is 11.8 Å². The number of hydrazone groups is 1. The molecule has 0 spiro atoms. The SMILES string of the molecule is CCCCn1c(O)c(C2=NN(C(=O)CC)[C@@H](c3ccc(C)s3)C2)c(=O)[nH]c1=O. The molecule has 2 N–H and O–H groups in total. The second kappa shape index (κ2) is 8.14. The first-order valence-corrected chi connectivity index (χ1v) is 10.2. The zero-order valence-electron chi connectivity index (χ0n) is 16.2. The highest BCUT2D eigenvalue weighted by molar-refractivity contribution is 7.12. The van der Waals surface area contributed by atoms with Crippen LogP contribution < -0.4 is 11.2 Å². The van der Waals surface area contributed by atoms with Gasteiger partial charge in [0.1, 0.15) is 5.56 Å². The van der Waals surface area contributed by atoms with Gasteiger partial charge in [-0.2, -0.15) is 5.10 Å². The second-order valence-electron chi connectivity index (χ2n) is 6.77. The van der Waals surface area contributed by atoms with Gasteiger partial charge in [-0.05, 0) is 25.5 Å². The molecule has 0 saturated carbocycles. The highest BCUT2D eigenvalue weighted by Gasteiger charge is 2.35. The van der Waals surface area contributed by atoms with Crippen molar-refractivity contribution in [3.8, 4) is 5.88 Å². The predicted molar refractivity (Wildman–Crippen MR) is 108 cm³/mol. The Kier molecular flexibility index (Phi) is 5.83. The smallest absolute Gasteiger partial charge is 0.331 e. The van der Waals surface area contributed by atoms with Gasteiger partial charge in [0.15, 0.2) is 0 Å². The number of thiophene rings is 1. The number of carbonyl (C=O) groups excluding carboxylic acids is 1. The third-order valence-electron chi connectivity index (χ3n) is 4.75. The summed E-state index contributed by atoms with van der Waals surface area (Å²) >= 11 is 1.57. The fourth-order valence-corrected chi connectivity index (χ4v) is 4.21. The number of aryl methyl sites for hydroxylation is 1. The molecular weight excluding hydrogens is 380 g/mol. The molecule has 0 fully saturated rings. The maximum atomic E-state index is 12.5. The van der Waals surface area contributed by atoms with Crippen LogP contribution in [0.5, 0.6) is 5.88 Å². The molecule has 1 aliphatic rings. The van der Waals surface area contributed by atoms with E-state index in [-0.39, 0.29) is 23.9 Å². The molecule has 150 valence electrons. The molecule has 0 aliphatic carbocycles. The van der Waals surface area contributed by atoms with Crippen molar-refractivity contribution in [3.63, 3.8) is 0 Å². The van der Waals surface area contributed by atoms with Gasteiger partial charge in [-0.15, -0.1) is 11.3 Å². The predicted octanol–water partition coefficient (Wildman–Crippen LogP) is 2.50. The summed E-state index contributed by atoms with van der Waals surface area (Å²) in [5.74, 6) is -0.561. The highest BCUT2D eigenvalue weighted by atomic mass is 32.1. The molecule has 3 rings (SSSR count). The van der Waals surface area contributed by atoms with Crippen LogP contribution in [0.4, 0.5) is 0 Å². The van der Waals surface area contributed by atoms with Gasteiger partial charge < -0.3 is 5.11 Å². The zero-order valence-corrected chi connectivity index (χ0v) is 17.0. The van der Waals surface area contributed by atoms with E-state index in [2.05, 4.69) is 10.1 Å². The number of hydrogen-bond donors (Lipinski definition) is 2. The first-order chi connectivity index (χ1) is 13.4. The molecule has 3 heterocycles. The number of hydrogen-bond acceptors (Lipinski definition) is 6. The molecule has 8 nitrogen and oxygen atoms in total. The highest BCUT2D eigenvalue weighted by Crippen LogP contribution is 2.37. The van der Waals surface area contributed by atoms with Gasteiger partial charge in [-0.3, -0.25) is 19.1 Å². The number of carbonyl (C=O) groups is 1. The number of unbranched alkanes of at least 4 members (excludes halogenated alkanes) is 1. The van der Waals surface area contributed by atoms with Gasteiger partial charge in [0, 0.05) is 29.1 Å². The van der Waals surface area contributed by atoms with Crippen LogP contribution in [0.3, 0.4) is 0 Å². The summed E-state index contributed by atoms with van der Waals surface area (Å²) in [5.41, 5.74) is -1.08. The van der Waals surface area contributed by atoms with E-state index in [0.29, 0.717) is 25.1 Å². The van der Waals surface area contributed by atoms with E-state index in [1.807, 2.05) is 26.0 Å². The number of H-pyrrole nitrogens is 1. The fourth-order valence-electron chi connectivity index (χ4n) is 3.25. The number of aromatic hydroxyl groups is 1. The Morgan fingerprint density at radius 1 is 1.36 bits per heavy atom. The first-order valence-electron chi connectivity index (χ1n) is 9.39. The normalized spacial score (nSPS) is 16.5. The number of nitrogens with one attached hydrogen (secondary N) is 1. The number of nitrogens with zero attached hydrogens (tertiary/aromatic N) is 3. The molecule has 2 aromatic rings. The molecule has 0 radical (unpaired) electrons. The summed E-state index contributed by atoms with van der Waals surface area (Å²) in [4.78, 5) is 41.3. The third kappa shape index (κ3) is 3.66. The standard InChI is InChI=1S/C19H24N4O4S/c1-4-6-9-22-18(26)16(17(25)20-19(22)27)12-10-13(14-8-7-11(3)28-14)23(21-12)15(24)5-2/h7-8,13,26H,4-6,9-10H2,1-3H3,(H,20,25,27)/t13-/m1/s1. The average Bonchev–Trinajstić information content (AvgIpc) is 3.27. The minimum absolute atomic E-state index is 0.0413. The molecule has 2 aromatic heterocycles. The molecule has 0 bridgehead atoms. The number of amides is 1. The van der Waals surface area contributed by atoms with Crippen LogP contribution in [0.2, 0.25) is 0 Å². The van der Waals surface area contributed by atoms with Gasteiger partial charge in [-0.25, -0.2) is 9.80 Å². The summed E-state index contributed by atoms with van der Waals surface area (Å²) in [6.45, 7) is 6.00. The van der Waals surface area contributed by atoms with E-state index >= 15 is 0 Å². The molecule has 0 saturated heterocycles. The van der Waals surface area contributed by atoms with Gasteiger partial charge in [-0.1, -0.05) is 20.3 Å². The lowest BCUT2D eigenvalue weighted by molar-refractivity contribution is -0.132. The van der Waals surface area contributed by atoms with Crippen LogP contribution >= 0.6 is 11.3 Å². The summed E-state index contributed by atoms with van der Waals surface area (Å²) in [7, 11) is 0. The van der Waals surface area contributed by atoms with Crippen molar-refractivity contribution in [2.24, 2.45) is 5.10 Å². The van der Waals surface area contributed by atoms with Crippen LogP contribution in [-0.2, 0) is 11.3 Å². The number of aromatic nitrogens is 2. The molecule has 0 unspecified atom stereocenters. The van der Waals surface area contributed by atoms with Crippen molar-refractivity contribution in [2.45, 2.75) is 59.0 Å². The lowest BCUT2D eigenvalue weighted by Gasteiger charge is -2.19. The van der Waals surface area contributed by atoms with Gasteiger partial charge >= 0.3 is 5.69 Å². The number of aromatic amines is 1. The lowest BCUT2D eigenvalue weighted by atomic mass is 10.0. The van der Waals surface area contributed by atoms with E-state index in [9.17, 15) is 19.5 Å². The Morgan fingerprint density at radius 3 is 2.71 bits per heavy atom. The molecule has 9 heteroatoms. The van der Waals surface area contributed by atoms with Crippen LogP contribution in [0.15, 0.2) is 26.8 Å². The van der Waals surface area contributed by atoms with Crippen molar-refractivity contribution in [2.75, 3.05) is 0 Å². The fraction of sp³-hybridized carbons (Fsp3) is 0.474. The molecule has 1 aliphatic heterocycles. The molecule has 1 atom stereocenters. The zero-order chi connectivity index (χ0) is 20.4. The summed E-state index contributed by atoms with van der Waals surface area (Å²) in [6, 6.07) is 3.60. The molecular formula is C19H24N4O4S. The van der Waals surface area contributed by atoms with E-state index in [1.54, 1.807) is 18.3 Å². The quantitative estimate of drug-likeness (QED) is 0.771. The van der Waals surface area contributed by atoms with Crippen molar-refractivity contribution in [1.29, 1.82) is 0 Å². The Labute approximate surface area is 166 Å². The maximum Gasteiger partial charge on any atom is 0.331 e. The Balaban J connectivity index is 2.07. The van der Waals surface area contributed by atoms with Gasteiger partial charge in [0.05, 0.1) is 11.8 Å². The second-order valence-corrected chi connectivity index (χ2v) is 8.09. The van der Waals surface area contributed by atoms with Gasteiger partial charge in [0.25, 0.3) is 5.56 Å². The van der Waals surface area contributed by atoms with E-state index < -0.39 is 17.1 Å². The van der Waals surface area contributed by atoms with Crippen LogP contribution in [0.25, 0.3) is 0 Å². The summed E-state index contributed by atoms with van der Waals surface area (Å²) in [5, 5.41) is 16.4. The van der Waals surface area contributed by atoms with Crippen LogP contribution in [0.1, 0.15) is 60.9 Å². The Hall–Kier alpha value is -2.68. The van der Waals surface area contributed by atoms with E-state index in [4.69, 9.17) is 0 Å². The minimum Gasteiger partial charge on any atom is -0.494 e. The van der Waals surface area contributed by atoms with Crippen LogP contribution in [-0.4, -0.2) is 31.3 Å². The summed E-state index contributed by atoms with van der Waals surface area (Å²) in [6.07, 6.45) is 2.09. The van der Waals surface area contributed by atoms with Crippen LogP contribution in [0, 0.1) is 6.92 Å². The number of rotatable bonds is 6. The van der Waals surface area contributed by atoms with E-state index in [0.717, 1.165) is 20.7 Å². The monoisotopic (exact) mass is 404 g/mol. The van der Waals surface area contributed by atoms with Crippen molar-refractivity contribution < 1.29 is 9.90 Å². The first kappa shape index (κ1) is 20.1. The average molecular weight is 404 g/mol. The molecule has 28 heavy (non-hydrogen) atoms. The Bertz CT molecular complexity index is 1030. The molecule has 1 amide bonds. The maximum absolute atomic E-state index is 12.5. The molecule has 0 aromatic carbocycles. The van der Waals surface area contributed by atoms with Crippen molar-refractivity contribution in [1.82, 2.24) is 14.6 Å². The van der Waals surface area contributed by atoms with Crippen molar-refractivity contribution in [3.05, 3.63) is 48.3 Å².